The number of pyridine rings is 1. The summed E-state index contributed by atoms with van der Waals surface area (Å²) in [6.45, 7) is 4.97. The number of nitrogens with zero attached hydrogens (tertiary/aromatic N) is 2. The van der Waals surface area contributed by atoms with Crippen LogP contribution in [0.15, 0.2) is 23.7 Å². The molecule has 92 valence electrons. The van der Waals surface area contributed by atoms with Gasteiger partial charge in [-0.2, -0.15) is 0 Å². The molecule has 2 rings (SSSR count). The average molecular weight is 249 g/mol. The Kier molecular flexibility index (Phi) is 4.34. The van der Waals surface area contributed by atoms with Crippen molar-refractivity contribution in [2.45, 2.75) is 19.8 Å². The molecule has 2 N–H and O–H groups in total. The lowest BCUT2D eigenvalue weighted by Gasteiger charge is -2.23. The summed E-state index contributed by atoms with van der Waals surface area (Å²) >= 11 is 1.77. The monoisotopic (exact) mass is 249 g/mol. The Bertz CT molecular complexity index is 466. The maximum Gasteiger partial charge on any atom is 0.137 e. The van der Waals surface area contributed by atoms with Crippen molar-refractivity contribution in [1.82, 2.24) is 4.98 Å². The highest BCUT2D eigenvalue weighted by atomic mass is 32.1. The first-order valence-electron chi connectivity index (χ1n) is 6.14. The van der Waals surface area contributed by atoms with Crippen molar-refractivity contribution in [1.29, 1.82) is 0 Å². The van der Waals surface area contributed by atoms with Crippen LogP contribution in [0.4, 0.5) is 5.82 Å². The number of aromatic nitrogens is 1. The van der Waals surface area contributed by atoms with Gasteiger partial charge in [-0.1, -0.05) is 6.92 Å². The summed E-state index contributed by atoms with van der Waals surface area (Å²) in [5, 5.41) is 3.39. The van der Waals surface area contributed by atoms with E-state index in [-0.39, 0.29) is 0 Å². The molecule has 0 aromatic carbocycles. The van der Waals surface area contributed by atoms with Gasteiger partial charge in [0.25, 0.3) is 0 Å². The third-order valence-electron chi connectivity index (χ3n) is 2.78. The summed E-state index contributed by atoms with van der Waals surface area (Å²) in [6.07, 6.45) is 4.05. The van der Waals surface area contributed by atoms with Crippen molar-refractivity contribution in [3.05, 3.63) is 23.7 Å². The third kappa shape index (κ3) is 2.76. The van der Waals surface area contributed by atoms with Crippen molar-refractivity contribution >= 4 is 27.2 Å². The maximum absolute atomic E-state index is 5.60. The van der Waals surface area contributed by atoms with E-state index < -0.39 is 0 Å². The van der Waals surface area contributed by atoms with Gasteiger partial charge in [-0.15, -0.1) is 11.3 Å². The van der Waals surface area contributed by atoms with Crippen molar-refractivity contribution in [2.75, 3.05) is 24.5 Å². The van der Waals surface area contributed by atoms with E-state index >= 15 is 0 Å². The average Bonchev–Trinajstić information content (AvgIpc) is 2.82. The van der Waals surface area contributed by atoms with Gasteiger partial charge in [-0.25, -0.2) is 4.98 Å². The van der Waals surface area contributed by atoms with E-state index in [0.29, 0.717) is 0 Å². The number of nitrogens with two attached hydrogens (primary N) is 1. The largest absolute Gasteiger partial charge is 0.356 e. The lowest BCUT2D eigenvalue weighted by molar-refractivity contribution is 0.714. The van der Waals surface area contributed by atoms with Crippen molar-refractivity contribution in [2.24, 2.45) is 5.73 Å². The Morgan fingerprint density at radius 3 is 3.00 bits per heavy atom. The minimum atomic E-state index is 0.736. The van der Waals surface area contributed by atoms with Crippen LogP contribution in [0.3, 0.4) is 0 Å². The van der Waals surface area contributed by atoms with E-state index in [0.717, 1.165) is 38.3 Å². The van der Waals surface area contributed by atoms with Crippen LogP contribution in [0.1, 0.15) is 19.8 Å². The standard InChI is InChI=1S/C13H19N3S/c1-2-8-16(9-3-6-14)13-11-5-10-17-12(11)4-7-15-13/h4-5,7,10H,2-3,6,8-9,14H2,1H3. The fourth-order valence-corrected chi connectivity index (χ4v) is 2.78. The van der Waals surface area contributed by atoms with Gasteiger partial charge in [-0.05, 0) is 36.9 Å². The molecular weight excluding hydrogens is 230 g/mol. The van der Waals surface area contributed by atoms with Crippen molar-refractivity contribution < 1.29 is 0 Å². The summed E-state index contributed by atoms with van der Waals surface area (Å²) in [6, 6.07) is 4.24. The molecule has 0 bridgehead atoms. The molecule has 0 atom stereocenters. The summed E-state index contributed by atoms with van der Waals surface area (Å²) < 4.78 is 1.31. The molecule has 2 aromatic rings. The van der Waals surface area contributed by atoms with Crippen LogP contribution >= 0.6 is 11.3 Å². The second-order valence-electron chi connectivity index (χ2n) is 4.10. The lowest BCUT2D eigenvalue weighted by Crippen LogP contribution is -2.27. The second kappa shape index (κ2) is 5.98. The number of anilines is 1. The van der Waals surface area contributed by atoms with Crippen molar-refractivity contribution in [3.8, 4) is 0 Å². The Morgan fingerprint density at radius 1 is 1.35 bits per heavy atom. The highest BCUT2D eigenvalue weighted by Crippen LogP contribution is 2.28. The fourth-order valence-electron chi connectivity index (χ4n) is 2.01. The highest BCUT2D eigenvalue weighted by molar-refractivity contribution is 7.17. The molecule has 17 heavy (non-hydrogen) atoms. The fraction of sp³-hybridized carbons (Fsp3) is 0.462. The molecule has 3 nitrogen and oxygen atoms in total. The zero-order valence-electron chi connectivity index (χ0n) is 10.2. The van der Waals surface area contributed by atoms with E-state index in [2.05, 4.69) is 34.3 Å². The molecular formula is C13H19N3S. The molecule has 0 saturated carbocycles. The van der Waals surface area contributed by atoms with Crippen LogP contribution in [0, 0.1) is 0 Å². The van der Waals surface area contributed by atoms with Gasteiger partial charge < -0.3 is 10.6 Å². The Morgan fingerprint density at radius 2 is 2.24 bits per heavy atom. The Hall–Kier alpha value is -1.13. The van der Waals surface area contributed by atoms with Gasteiger partial charge in [0.1, 0.15) is 5.82 Å². The molecule has 0 spiro atoms. The van der Waals surface area contributed by atoms with Crippen LogP contribution in [-0.4, -0.2) is 24.6 Å². The highest BCUT2D eigenvalue weighted by Gasteiger charge is 2.10. The Labute approximate surface area is 106 Å². The van der Waals surface area contributed by atoms with E-state index in [9.17, 15) is 0 Å². The zero-order valence-corrected chi connectivity index (χ0v) is 11.0. The molecule has 0 radical (unpaired) electrons. The lowest BCUT2D eigenvalue weighted by atomic mass is 10.2. The van der Waals surface area contributed by atoms with Crippen LogP contribution in [-0.2, 0) is 0 Å². The normalized spacial score (nSPS) is 10.9. The molecule has 2 heterocycles. The predicted molar refractivity (Wildman–Crippen MR) is 75.8 cm³/mol. The number of hydrogen-bond acceptors (Lipinski definition) is 4. The van der Waals surface area contributed by atoms with Crippen LogP contribution in [0.2, 0.25) is 0 Å². The first-order valence-corrected chi connectivity index (χ1v) is 7.02. The maximum atomic E-state index is 5.60. The summed E-state index contributed by atoms with van der Waals surface area (Å²) in [5.74, 6) is 1.11. The quantitative estimate of drug-likeness (QED) is 0.856. The molecule has 0 saturated heterocycles. The molecule has 2 aromatic heterocycles. The van der Waals surface area contributed by atoms with Gasteiger partial charge in [0.2, 0.25) is 0 Å². The van der Waals surface area contributed by atoms with Gasteiger partial charge in [0, 0.05) is 29.4 Å². The van der Waals surface area contributed by atoms with E-state index in [1.807, 2.05) is 6.20 Å². The number of hydrogen-bond donors (Lipinski definition) is 1. The topological polar surface area (TPSA) is 42.1 Å². The van der Waals surface area contributed by atoms with Gasteiger partial charge >= 0.3 is 0 Å². The van der Waals surface area contributed by atoms with Gasteiger partial charge in [0.05, 0.1) is 0 Å². The smallest absolute Gasteiger partial charge is 0.137 e. The van der Waals surface area contributed by atoms with Crippen LogP contribution in [0.25, 0.3) is 10.1 Å². The minimum Gasteiger partial charge on any atom is -0.356 e. The Balaban J connectivity index is 2.30. The zero-order chi connectivity index (χ0) is 12.1. The number of rotatable bonds is 6. The van der Waals surface area contributed by atoms with Gasteiger partial charge in [-0.3, -0.25) is 0 Å². The molecule has 0 amide bonds. The molecule has 0 fully saturated rings. The van der Waals surface area contributed by atoms with Crippen molar-refractivity contribution in [3.63, 3.8) is 0 Å². The van der Waals surface area contributed by atoms with Crippen LogP contribution < -0.4 is 10.6 Å². The molecule has 4 heteroatoms. The predicted octanol–water partition coefficient (Wildman–Crippen LogP) is 2.86. The number of fused-ring (bicyclic) bond motifs is 1. The van der Waals surface area contributed by atoms with E-state index in [1.165, 1.54) is 10.1 Å². The second-order valence-corrected chi connectivity index (χ2v) is 5.04. The third-order valence-corrected chi connectivity index (χ3v) is 3.67. The summed E-state index contributed by atoms with van der Waals surface area (Å²) in [4.78, 5) is 6.89. The summed E-state index contributed by atoms with van der Waals surface area (Å²) in [5.41, 5.74) is 5.60. The van der Waals surface area contributed by atoms with Gasteiger partial charge in [0.15, 0.2) is 0 Å². The van der Waals surface area contributed by atoms with Crippen LogP contribution in [0.5, 0.6) is 0 Å². The SMILES string of the molecule is CCCN(CCCN)c1nccc2sccc12. The molecule has 0 aliphatic heterocycles. The first kappa shape index (κ1) is 12.3. The number of thiophene rings is 1. The molecule has 0 unspecified atom stereocenters. The van der Waals surface area contributed by atoms with E-state index in [4.69, 9.17) is 5.73 Å². The minimum absolute atomic E-state index is 0.736. The van der Waals surface area contributed by atoms with E-state index in [1.54, 1.807) is 11.3 Å². The molecule has 0 aliphatic rings. The molecule has 0 aliphatic carbocycles. The first-order chi connectivity index (χ1) is 8.36. The summed E-state index contributed by atoms with van der Waals surface area (Å²) in [7, 11) is 0.